The van der Waals surface area contributed by atoms with Gasteiger partial charge in [-0.25, -0.2) is 4.98 Å². The first kappa shape index (κ1) is 15.6. The highest BCUT2D eigenvalue weighted by molar-refractivity contribution is 5.35. The Bertz CT molecular complexity index is 698. The zero-order valence-electron chi connectivity index (χ0n) is 12.8. The van der Waals surface area contributed by atoms with Gasteiger partial charge in [0.2, 0.25) is 0 Å². The molecule has 4 heteroatoms. The lowest BCUT2D eigenvalue weighted by molar-refractivity contribution is 0.266. The summed E-state index contributed by atoms with van der Waals surface area (Å²) in [5, 5.41) is 0. The fraction of sp³-hybridized carbons (Fsp3) is 0.167. The van der Waals surface area contributed by atoms with E-state index in [0.717, 1.165) is 5.57 Å². The first-order valence-corrected chi connectivity index (χ1v) is 6.87. The lowest BCUT2D eigenvalue weighted by Crippen LogP contribution is -1.95. The maximum atomic E-state index is 5.65. The van der Waals surface area contributed by atoms with E-state index in [1.54, 1.807) is 25.3 Å². The molecule has 0 unspecified atom stereocenters. The number of benzene rings is 1. The third kappa shape index (κ3) is 4.98. The molecule has 0 N–H and O–H groups in total. The Kier molecular flexibility index (Phi) is 5.20. The fourth-order valence-electron chi connectivity index (χ4n) is 1.67. The van der Waals surface area contributed by atoms with Crippen LogP contribution in [0.15, 0.2) is 71.5 Å². The summed E-state index contributed by atoms with van der Waals surface area (Å²) >= 11 is 0. The summed E-state index contributed by atoms with van der Waals surface area (Å²) in [7, 11) is 0. The van der Waals surface area contributed by atoms with Crippen LogP contribution < -0.4 is 9.47 Å². The number of ether oxygens (including phenoxy) is 2. The molecule has 1 heterocycles. The highest BCUT2D eigenvalue weighted by atomic mass is 16.5. The second-order valence-corrected chi connectivity index (χ2v) is 4.86. The maximum Gasteiger partial charge on any atom is 0.191 e. The van der Waals surface area contributed by atoms with Crippen LogP contribution in [0.1, 0.15) is 18.6 Å². The monoisotopic (exact) mass is 297 g/mol. The van der Waals surface area contributed by atoms with Crippen LogP contribution in [-0.2, 0) is 6.61 Å². The fourth-order valence-corrected chi connectivity index (χ4v) is 1.67. The van der Waals surface area contributed by atoms with Crippen LogP contribution in [0, 0.1) is 6.92 Å². The Hall–Kier alpha value is -2.75. The molecule has 0 saturated carbocycles. The quantitative estimate of drug-likeness (QED) is 0.554. The number of aromatic nitrogens is 1. The second kappa shape index (κ2) is 7.31. The normalized spacial score (nSPS) is 10.6. The number of hydrogen-bond acceptors (Lipinski definition) is 4. The minimum Gasteiger partial charge on any atom is -0.485 e. The topological polar surface area (TPSA) is 44.5 Å². The number of hydrogen-bond donors (Lipinski definition) is 0. The number of oxazole rings is 1. The van der Waals surface area contributed by atoms with Gasteiger partial charge >= 0.3 is 0 Å². The molecule has 1 aromatic carbocycles. The van der Waals surface area contributed by atoms with Crippen molar-refractivity contribution in [3.63, 3.8) is 0 Å². The van der Waals surface area contributed by atoms with Crippen molar-refractivity contribution >= 4 is 0 Å². The van der Waals surface area contributed by atoms with Crippen LogP contribution in [0.3, 0.4) is 0 Å². The van der Waals surface area contributed by atoms with Crippen LogP contribution >= 0.6 is 0 Å². The molecule has 1 aromatic heterocycles. The largest absolute Gasteiger partial charge is 0.485 e. The van der Waals surface area contributed by atoms with Gasteiger partial charge in [0.1, 0.15) is 23.9 Å². The summed E-state index contributed by atoms with van der Waals surface area (Å²) in [4.78, 5) is 4.02. The smallest absolute Gasteiger partial charge is 0.191 e. The lowest BCUT2D eigenvalue weighted by Gasteiger charge is -2.08. The maximum absolute atomic E-state index is 5.65. The van der Waals surface area contributed by atoms with Crippen molar-refractivity contribution in [2.24, 2.45) is 0 Å². The van der Waals surface area contributed by atoms with Crippen molar-refractivity contribution in [2.45, 2.75) is 20.5 Å². The van der Waals surface area contributed by atoms with Gasteiger partial charge in [-0.15, -0.1) is 0 Å². The van der Waals surface area contributed by atoms with E-state index in [2.05, 4.69) is 18.1 Å². The summed E-state index contributed by atoms with van der Waals surface area (Å²) in [6.45, 7) is 11.6. The minimum atomic E-state index is 0.320. The molecule has 2 rings (SSSR count). The Morgan fingerprint density at radius 2 is 2.05 bits per heavy atom. The molecular formula is C18H19NO3. The van der Waals surface area contributed by atoms with Gasteiger partial charge in [0.25, 0.3) is 0 Å². The SMILES string of the molecule is C=C(C)/C=C\C(=C)Oc1cccc(OCc2cnc(C)o2)c1. The molecule has 0 aliphatic heterocycles. The van der Waals surface area contributed by atoms with Gasteiger partial charge in [0.05, 0.1) is 6.20 Å². The standard InChI is InChI=1S/C18H19NO3/c1-13(2)8-9-14(3)21-17-7-5-6-16(10-17)20-12-18-11-19-15(4)22-18/h5-11H,1,3,12H2,2,4H3/b9-8-. The van der Waals surface area contributed by atoms with Crippen molar-refractivity contribution in [1.29, 1.82) is 0 Å². The molecule has 0 fully saturated rings. The van der Waals surface area contributed by atoms with E-state index in [-0.39, 0.29) is 0 Å². The number of nitrogens with zero attached hydrogens (tertiary/aromatic N) is 1. The van der Waals surface area contributed by atoms with Crippen LogP contribution in [0.5, 0.6) is 11.5 Å². The van der Waals surface area contributed by atoms with E-state index in [0.29, 0.717) is 35.5 Å². The molecule has 114 valence electrons. The van der Waals surface area contributed by atoms with E-state index in [9.17, 15) is 0 Å². The van der Waals surface area contributed by atoms with Crippen molar-refractivity contribution in [3.05, 3.63) is 78.8 Å². The summed E-state index contributed by atoms with van der Waals surface area (Å²) in [5.41, 5.74) is 0.934. The van der Waals surface area contributed by atoms with Gasteiger partial charge in [-0.05, 0) is 25.1 Å². The number of aryl methyl sites for hydroxylation is 1. The average molecular weight is 297 g/mol. The Balaban J connectivity index is 1.94. The van der Waals surface area contributed by atoms with E-state index in [1.807, 2.05) is 31.2 Å². The molecule has 0 spiro atoms. The third-order valence-electron chi connectivity index (χ3n) is 2.66. The highest BCUT2D eigenvalue weighted by Gasteiger charge is 2.03. The third-order valence-corrected chi connectivity index (χ3v) is 2.66. The minimum absolute atomic E-state index is 0.320. The molecule has 0 saturated heterocycles. The molecule has 2 aromatic rings. The first-order chi connectivity index (χ1) is 10.5. The number of rotatable bonds is 7. The molecular weight excluding hydrogens is 278 g/mol. The predicted octanol–water partition coefficient (Wildman–Crippen LogP) is 4.59. The van der Waals surface area contributed by atoms with E-state index >= 15 is 0 Å². The second-order valence-electron chi connectivity index (χ2n) is 4.86. The van der Waals surface area contributed by atoms with Crippen LogP contribution in [0.25, 0.3) is 0 Å². The van der Waals surface area contributed by atoms with Gasteiger partial charge in [-0.2, -0.15) is 0 Å². The molecule has 22 heavy (non-hydrogen) atoms. The van der Waals surface area contributed by atoms with Crippen molar-refractivity contribution in [3.8, 4) is 11.5 Å². The van der Waals surface area contributed by atoms with Crippen molar-refractivity contribution in [1.82, 2.24) is 4.98 Å². The summed E-state index contributed by atoms with van der Waals surface area (Å²) in [6, 6.07) is 7.34. The van der Waals surface area contributed by atoms with Crippen molar-refractivity contribution in [2.75, 3.05) is 0 Å². The van der Waals surface area contributed by atoms with Gasteiger partial charge in [0, 0.05) is 13.0 Å². The highest BCUT2D eigenvalue weighted by Crippen LogP contribution is 2.22. The zero-order chi connectivity index (χ0) is 15.9. The molecule has 0 radical (unpaired) electrons. The first-order valence-electron chi connectivity index (χ1n) is 6.87. The van der Waals surface area contributed by atoms with Crippen molar-refractivity contribution < 1.29 is 13.9 Å². The zero-order valence-corrected chi connectivity index (χ0v) is 12.8. The molecule has 4 nitrogen and oxygen atoms in total. The van der Waals surface area contributed by atoms with E-state index < -0.39 is 0 Å². The van der Waals surface area contributed by atoms with Gasteiger partial charge in [-0.1, -0.05) is 30.9 Å². The van der Waals surface area contributed by atoms with E-state index in [1.165, 1.54) is 0 Å². The van der Waals surface area contributed by atoms with Crippen LogP contribution in [-0.4, -0.2) is 4.98 Å². The van der Waals surface area contributed by atoms with Gasteiger partial charge in [0.15, 0.2) is 11.7 Å². The summed E-state index contributed by atoms with van der Waals surface area (Å²) < 4.78 is 16.6. The molecule has 0 amide bonds. The molecule has 0 bridgehead atoms. The van der Waals surface area contributed by atoms with E-state index in [4.69, 9.17) is 13.9 Å². The Morgan fingerprint density at radius 1 is 1.27 bits per heavy atom. The summed E-state index contributed by atoms with van der Waals surface area (Å²) in [5.74, 6) is 3.17. The molecule has 0 atom stereocenters. The molecule has 0 aliphatic rings. The Morgan fingerprint density at radius 3 is 2.73 bits per heavy atom. The average Bonchev–Trinajstić information content (AvgIpc) is 2.89. The van der Waals surface area contributed by atoms with Crippen LogP contribution in [0.2, 0.25) is 0 Å². The van der Waals surface area contributed by atoms with Gasteiger partial charge < -0.3 is 13.9 Å². The van der Waals surface area contributed by atoms with Crippen LogP contribution in [0.4, 0.5) is 0 Å². The lowest BCUT2D eigenvalue weighted by atomic mass is 10.3. The van der Waals surface area contributed by atoms with Gasteiger partial charge in [-0.3, -0.25) is 0 Å². The Labute approximate surface area is 130 Å². The summed E-state index contributed by atoms with van der Waals surface area (Å²) in [6.07, 6.45) is 5.27. The number of allylic oxidation sites excluding steroid dienone is 3. The molecule has 0 aliphatic carbocycles. The predicted molar refractivity (Wildman–Crippen MR) is 85.7 cm³/mol.